The Morgan fingerprint density at radius 3 is 2.70 bits per heavy atom. The zero-order valence-electron chi connectivity index (χ0n) is 13.7. The van der Waals surface area contributed by atoms with E-state index in [0.29, 0.717) is 22.2 Å². The van der Waals surface area contributed by atoms with Crippen molar-refractivity contribution >= 4 is 23.9 Å². The fourth-order valence-electron chi connectivity index (χ4n) is 2.20. The summed E-state index contributed by atoms with van der Waals surface area (Å²) >= 11 is 1.40. The first kappa shape index (κ1) is 17.4. The van der Waals surface area contributed by atoms with Crippen molar-refractivity contribution in [2.45, 2.75) is 38.4 Å². The molecule has 1 unspecified atom stereocenters. The van der Waals surface area contributed by atoms with E-state index >= 15 is 0 Å². The third-order valence-electron chi connectivity index (χ3n) is 3.66. The lowest BCUT2D eigenvalue weighted by atomic mass is 10.0. The second kappa shape index (κ2) is 7.55. The van der Waals surface area contributed by atoms with E-state index in [-0.39, 0.29) is 11.9 Å². The molecule has 0 radical (unpaired) electrons. The van der Waals surface area contributed by atoms with Crippen molar-refractivity contribution in [1.82, 2.24) is 9.97 Å². The zero-order valence-corrected chi connectivity index (χ0v) is 14.5. The zero-order chi connectivity index (χ0) is 17.0. The highest BCUT2D eigenvalue weighted by molar-refractivity contribution is 7.98. The minimum absolute atomic E-state index is 0.181. The first-order chi connectivity index (χ1) is 11.0. The summed E-state index contributed by atoms with van der Waals surface area (Å²) in [6.45, 7) is 5.88. The number of nitrogens with zero attached hydrogens (tertiary/aromatic N) is 2. The summed E-state index contributed by atoms with van der Waals surface area (Å²) in [5, 5.41) is 3.83. The van der Waals surface area contributed by atoms with E-state index in [1.807, 2.05) is 13.2 Å². The maximum absolute atomic E-state index is 13.4. The van der Waals surface area contributed by atoms with Crippen molar-refractivity contribution in [2.75, 3.05) is 11.6 Å². The number of halogens is 1. The third kappa shape index (κ3) is 3.88. The van der Waals surface area contributed by atoms with Crippen molar-refractivity contribution in [3.05, 3.63) is 35.1 Å². The van der Waals surface area contributed by atoms with Crippen LogP contribution >= 0.6 is 11.8 Å². The molecule has 122 valence electrons. The molecule has 0 saturated heterocycles. The molecule has 4 nitrogen and oxygen atoms in total. The van der Waals surface area contributed by atoms with Crippen LogP contribution in [0.1, 0.15) is 36.2 Å². The average molecular weight is 333 g/mol. The summed E-state index contributed by atoms with van der Waals surface area (Å²) in [5.41, 5.74) is 2.40. The number of rotatable bonds is 6. The van der Waals surface area contributed by atoms with Crippen LogP contribution in [0, 0.1) is 12.7 Å². The van der Waals surface area contributed by atoms with E-state index in [9.17, 15) is 9.18 Å². The van der Waals surface area contributed by atoms with Gasteiger partial charge in [-0.3, -0.25) is 4.79 Å². The molecule has 0 aliphatic carbocycles. The van der Waals surface area contributed by atoms with Crippen LogP contribution in [0.2, 0.25) is 0 Å². The number of carbonyl (C=O) groups excluding carboxylic acids is 1. The molecular formula is C17H20FN3OS. The predicted octanol–water partition coefficient (Wildman–Crippen LogP) is 4.34. The van der Waals surface area contributed by atoms with Gasteiger partial charge in [0.2, 0.25) is 0 Å². The molecule has 2 aromatic rings. The number of anilines is 1. The van der Waals surface area contributed by atoms with Gasteiger partial charge in [-0.2, -0.15) is 0 Å². The molecule has 0 aliphatic rings. The summed E-state index contributed by atoms with van der Waals surface area (Å²) in [4.78, 5) is 20.6. The molecule has 1 aromatic heterocycles. The Morgan fingerprint density at radius 2 is 2.13 bits per heavy atom. The number of nitrogens with one attached hydrogen (secondary N) is 1. The molecule has 1 N–H and O–H groups in total. The monoisotopic (exact) mass is 333 g/mol. The van der Waals surface area contributed by atoms with Gasteiger partial charge in [0, 0.05) is 11.6 Å². The van der Waals surface area contributed by atoms with Crippen LogP contribution in [-0.4, -0.2) is 28.6 Å². The topological polar surface area (TPSA) is 54.9 Å². The van der Waals surface area contributed by atoms with E-state index < -0.39 is 0 Å². The van der Waals surface area contributed by atoms with Crippen LogP contribution < -0.4 is 5.32 Å². The van der Waals surface area contributed by atoms with E-state index in [1.54, 1.807) is 13.0 Å². The molecule has 0 fully saturated rings. The molecule has 0 saturated carbocycles. The normalized spacial score (nSPS) is 12.0. The van der Waals surface area contributed by atoms with Gasteiger partial charge in [0.05, 0.1) is 11.3 Å². The average Bonchev–Trinajstić information content (AvgIpc) is 2.54. The lowest BCUT2D eigenvalue weighted by Crippen LogP contribution is -2.17. The Morgan fingerprint density at radius 1 is 1.39 bits per heavy atom. The fraction of sp³-hybridized carbons (Fsp3) is 0.353. The quantitative estimate of drug-likeness (QED) is 0.484. The van der Waals surface area contributed by atoms with E-state index in [1.165, 1.54) is 23.9 Å². The van der Waals surface area contributed by atoms with Gasteiger partial charge in [0.25, 0.3) is 0 Å². The number of aldehydes is 1. The van der Waals surface area contributed by atoms with Crippen LogP contribution in [0.15, 0.2) is 23.4 Å². The largest absolute Gasteiger partial charge is 0.367 e. The first-order valence-electron chi connectivity index (χ1n) is 7.44. The van der Waals surface area contributed by atoms with Gasteiger partial charge in [0.15, 0.2) is 11.4 Å². The molecule has 23 heavy (non-hydrogen) atoms. The number of hydrogen-bond acceptors (Lipinski definition) is 5. The van der Waals surface area contributed by atoms with Crippen LogP contribution in [-0.2, 0) is 0 Å². The second-order valence-electron chi connectivity index (χ2n) is 5.35. The molecule has 0 amide bonds. The smallest absolute Gasteiger partial charge is 0.189 e. The van der Waals surface area contributed by atoms with Gasteiger partial charge in [-0.1, -0.05) is 18.7 Å². The second-order valence-corrected chi connectivity index (χ2v) is 6.13. The minimum Gasteiger partial charge on any atom is -0.367 e. The van der Waals surface area contributed by atoms with Crippen LogP contribution in [0.4, 0.5) is 10.2 Å². The molecule has 1 atom stereocenters. The predicted molar refractivity (Wildman–Crippen MR) is 92.7 cm³/mol. The maximum Gasteiger partial charge on any atom is 0.189 e. The lowest BCUT2D eigenvalue weighted by Gasteiger charge is -2.17. The Balaban J connectivity index is 2.65. The number of hydrogen-bond donors (Lipinski definition) is 1. The third-order valence-corrected chi connectivity index (χ3v) is 4.21. The highest BCUT2D eigenvalue weighted by Gasteiger charge is 2.18. The van der Waals surface area contributed by atoms with E-state index in [4.69, 9.17) is 0 Å². The van der Waals surface area contributed by atoms with Crippen molar-refractivity contribution in [3.8, 4) is 11.3 Å². The molecule has 0 spiro atoms. The van der Waals surface area contributed by atoms with Gasteiger partial charge in [-0.05, 0) is 50.3 Å². The number of aromatic nitrogens is 2. The molecule has 0 bridgehead atoms. The summed E-state index contributed by atoms with van der Waals surface area (Å²) in [7, 11) is 0. The Kier molecular flexibility index (Phi) is 5.71. The maximum atomic E-state index is 13.4. The molecular weight excluding hydrogens is 313 g/mol. The van der Waals surface area contributed by atoms with Crippen LogP contribution in [0.5, 0.6) is 0 Å². The highest BCUT2D eigenvalue weighted by atomic mass is 32.2. The number of benzene rings is 1. The van der Waals surface area contributed by atoms with Crippen molar-refractivity contribution in [2.24, 2.45) is 0 Å². The van der Waals surface area contributed by atoms with Crippen molar-refractivity contribution in [3.63, 3.8) is 0 Å². The Hall–Kier alpha value is -1.95. The molecule has 0 aliphatic heterocycles. The molecule has 1 heterocycles. The highest BCUT2D eigenvalue weighted by Crippen LogP contribution is 2.30. The van der Waals surface area contributed by atoms with Gasteiger partial charge >= 0.3 is 0 Å². The summed E-state index contributed by atoms with van der Waals surface area (Å²) < 4.78 is 13.4. The van der Waals surface area contributed by atoms with Gasteiger partial charge < -0.3 is 5.32 Å². The Bertz CT molecular complexity index is 721. The summed E-state index contributed by atoms with van der Waals surface area (Å²) in [5.74, 6) is 0.212. The van der Waals surface area contributed by atoms with Crippen LogP contribution in [0.3, 0.4) is 0 Å². The standard InChI is InChI=1S/C17H20FN3OS/c1-5-11(3)19-16-14(9-22)15(20-17(21-16)23-4)13-7-6-12(18)8-10(13)2/h6-9,11H,5H2,1-4H3,(H,19,20,21). The lowest BCUT2D eigenvalue weighted by molar-refractivity contribution is 0.112. The van der Waals surface area contributed by atoms with Crippen molar-refractivity contribution < 1.29 is 9.18 Å². The Labute approximate surface area is 139 Å². The minimum atomic E-state index is -0.309. The van der Waals surface area contributed by atoms with Gasteiger partial charge in [-0.15, -0.1) is 0 Å². The fourth-order valence-corrected chi connectivity index (χ4v) is 2.56. The number of thioether (sulfide) groups is 1. The molecule has 1 aromatic carbocycles. The number of aryl methyl sites for hydroxylation is 1. The van der Waals surface area contributed by atoms with Crippen LogP contribution in [0.25, 0.3) is 11.3 Å². The van der Waals surface area contributed by atoms with Gasteiger partial charge in [-0.25, -0.2) is 14.4 Å². The molecule has 6 heteroatoms. The van der Waals surface area contributed by atoms with E-state index in [0.717, 1.165) is 23.8 Å². The number of carbonyl (C=O) groups is 1. The SMILES string of the molecule is CCC(C)Nc1nc(SC)nc(-c2ccc(F)cc2C)c1C=O. The summed E-state index contributed by atoms with van der Waals surface area (Å²) in [6.07, 6.45) is 3.54. The first-order valence-corrected chi connectivity index (χ1v) is 8.66. The van der Waals surface area contributed by atoms with Gasteiger partial charge in [0.1, 0.15) is 11.6 Å². The summed E-state index contributed by atoms with van der Waals surface area (Å²) in [6, 6.07) is 4.64. The van der Waals surface area contributed by atoms with Crippen molar-refractivity contribution in [1.29, 1.82) is 0 Å². The van der Waals surface area contributed by atoms with E-state index in [2.05, 4.69) is 22.2 Å². The molecule has 2 rings (SSSR count).